The summed E-state index contributed by atoms with van der Waals surface area (Å²) in [4.78, 5) is 1.26. The maximum Gasteiger partial charge on any atom is 0.118 e. The molecule has 0 amide bonds. The Morgan fingerprint density at radius 2 is 2.25 bits per heavy atom. The average Bonchev–Trinajstić information content (AvgIpc) is 2.38. The smallest absolute Gasteiger partial charge is 0.118 e. The quantitative estimate of drug-likeness (QED) is 0.811. The van der Waals surface area contributed by atoms with Crippen molar-refractivity contribution in [2.45, 2.75) is 11.0 Å². The summed E-state index contributed by atoms with van der Waals surface area (Å²) in [6.45, 7) is 2.76. The Hall–Kier alpha value is -0.710. The zero-order valence-corrected chi connectivity index (χ0v) is 10.3. The normalized spacial score (nSPS) is 20.7. The van der Waals surface area contributed by atoms with Gasteiger partial charge in [-0.1, -0.05) is 0 Å². The van der Waals surface area contributed by atoms with E-state index >= 15 is 0 Å². The number of hydrogen-bond donors (Lipinski definition) is 1. The third-order valence-corrected chi connectivity index (χ3v) is 3.64. The van der Waals surface area contributed by atoms with Crippen LogP contribution in [-0.2, 0) is 4.74 Å². The first-order valence-electron chi connectivity index (χ1n) is 5.47. The Kier molecular flexibility index (Phi) is 4.51. The van der Waals surface area contributed by atoms with Gasteiger partial charge in [-0.15, -0.1) is 11.8 Å². The molecule has 1 atom stereocenters. The molecule has 0 aromatic heterocycles. The molecule has 1 aliphatic heterocycles. The van der Waals surface area contributed by atoms with Crippen molar-refractivity contribution in [3.8, 4) is 5.75 Å². The first-order chi connectivity index (χ1) is 7.88. The topological polar surface area (TPSA) is 30.5 Å². The maximum absolute atomic E-state index is 5.64. The number of nitrogens with one attached hydrogen (secondary N) is 1. The highest BCUT2D eigenvalue weighted by Gasteiger charge is 2.13. The van der Waals surface area contributed by atoms with Crippen LogP contribution in [0, 0.1) is 0 Å². The molecule has 4 heteroatoms. The molecule has 1 aliphatic rings. The Morgan fingerprint density at radius 3 is 2.88 bits per heavy atom. The van der Waals surface area contributed by atoms with Gasteiger partial charge >= 0.3 is 0 Å². The number of hydrogen-bond acceptors (Lipinski definition) is 4. The fraction of sp³-hybridized carbons (Fsp3) is 0.500. The lowest BCUT2D eigenvalue weighted by atomic mass is 10.3. The van der Waals surface area contributed by atoms with E-state index < -0.39 is 0 Å². The van der Waals surface area contributed by atoms with Gasteiger partial charge in [-0.2, -0.15) is 0 Å². The Morgan fingerprint density at radius 1 is 1.44 bits per heavy atom. The molecule has 1 unspecified atom stereocenters. The van der Waals surface area contributed by atoms with Crippen molar-refractivity contribution in [3.05, 3.63) is 24.3 Å². The Balaban J connectivity index is 1.79. The van der Waals surface area contributed by atoms with Crippen molar-refractivity contribution in [1.29, 1.82) is 0 Å². The molecule has 16 heavy (non-hydrogen) atoms. The predicted molar refractivity (Wildman–Crippen MR) is 66.3 cm³/mol. The van der Waals surface area contributed by atoms with E-state index in [9.17, 15) is 0 Å². The number of ether oxygens (including phenoxy) is 2. The monoisotopic (exact) mass is 239 g/mol. The van der Waals surface area contributed by atoms with Crippen LogP contribution in [0.5, 0.6) is 5.75 Å². The molecule has 3 nitrogen and oxygen atoms in total. The molecule has 1 fully saturated rings. The SMILES string of the molecule is COc1ccc(SCC2CNCCO2)cc1. The zero-order valence-electron chi connectivity index (χ0n) is 9.44. The minimum Gasteiger partial charge on any atom is -0.497 e. The van der Waals surface area contributed by atoms with Crippen molar-refractivity contribution < 1.29 is 9.47 Å². The van der Waals surface area contributed by atoms with Crippen LogP contribution in [0.4, 0.5) is 0 Å². The lowest BCUT2D eigenvalue weighted by molar-refractivity contribution is 0.0441. The highest BCUT2D eigenvalue weighted by atomic mass is 32.2. The van der Waals surface area contributed by atoms with Crippen molar-refractivity contribution in [2.24, 2.45) is 0 Å². The predicted octanol–water partition coefficient (Wildman–Crippen LogP) is 1.78. The summed E-state index contributed by atoms with van der Waals surface area (Å²) in [6.07, 6.45) is 0.334. The minimum absolute atomic E-state index is 0.334. The summed E-state index contributed by atoms with van der Waals surface area (Å²) in [5, 5.41) is 3.33. The molecule has 1 saturated heterocycles. The van der Waals surface area contributed by atoms with Crippen LogP contribution in [0.15, 0.2) is 29.2 Å². The van der Waals surface area contributed by atoms with Crippen LogP contribution in [0.25, 0.3) is 0 Å². The van der Waals surface area contributed by atoms with Crippen molar-refractivity contribution in [1.82, 2.24) is 5.32 Å². The van der Waals surface area contributed by atoms with Gasteiger partial charge in [-0.05, 0) is 24.3 Å². The Bertz CT molecular complexity index is 309. The molecule has 1 N–H and O–H groups in total. The van der Waals surface area contributed by atoms with Gasteiger partial charge in [0.15, 0.2) is 0 Å². The standard InChI is InChI=1S/C12H17NO2S/c1-14-10-2-4-12(5-3-10)16-9-11-8-13-6-7-15-11/h2-5,11,13H,6-9H2,1H3. The molecule has 88 valence electrons. The summed E-state index contributed by atoms with van der Waals surface area (Å²) in [5.74, 6) is 1.90. The largest absolute Gasteiger partial charge is 0.497 e. The van der Waals surface area contributed by atoms with Crippen LogP contribution in [0.2, 0.25) is 0 Å². The number of morpholine rings is 1. The molecule has 2 rings (SSSR count). The van der Waals surface area contributed by atoms with Crippen LogP contribution in [0.1, 0.15) is 0 Å². The maximum atomic E-state index is 5.64. The number of benzene rings is 1. The Labute approximate surface area is 101 Å². The van der Waals surface area contributed by atoms with E-state index in [1.165, 1.54) is 4.90 Å². The number of rotatable bonds is 4. The van der Waals surface area contributed by atoms with Gasteiger partial charge in [0.2, 0.25) is 0 Å². The fourth-order valence-electron chi connectivity index (χ4n) is 1.59. The van der Waals surface area contributed by atoms with Gasteiger partial charge in [0.05, 0.1) is 19.8 Å². The molecule has 0 radical (unpaired) electrons. The van der Waals surface area contributed by atoms with Gasteiger partial charge in [0, 0.05) is 23.7 Å². The third-order valence-electron chi connectivity index (χ3n) is 2.50. The van der Waals surface area contributed by atoms with Gasteiger partial charge in [0.1, 0.15) is 5.75 Å². The van der Waals surface area contributed by atoms with Crippen molar-refractivity contribution in [3.63, 3.8) is 0 Å². The summed E-state index contributed by atoms with van der Waals surface area (Å²) < 4.78 is 10.8. The fourth-order valence-corrected chi connectivity index (χ4v) is 2.51. The van der Waals surface area contributed by atoms with Gasteiger partial charge in [-0.3, -0.25) is 0 Å². The molecule has 1 aromatic carbocycles. The lowest BCUT2D eigenvalue weighted by Gasteiger charge is -2.23. The van der Waals surface area contributed by atoms with E-state index in [4.69, 9.17) is 9.47 Å². The summed E-state index contributed by atoms with van der Waals surface area (Å²) in [7, 11) is 1.68. The van der Waals surface area contributed by atoms with E-state index in [1.54, 1.807) is 7.11 Å². The van der Waals surface area contributed by atoms with Crippen LogP contribution >= 0.6 is 11.8 Å². The van der Waals surface area contributed by atoms with E-state index in [0.29, 0.717) is 6.10 Å². The van der Waals surface area contributed by atoms with Crippen molar-refractivity contribution in [2.75, 3.05) is 32.6 Å². The number of methoxy groups -OCH3 is 1. The molecule has 0 saturated carbocycles. The van der Waals surface area contributed by atoms with Crippen LogP contribution in [0.3, 0.4) is 0 Å². The first kappa shape index (κ1) is 11.8. The second kappa shape index (κ2) is 6.13. The summed E-state index contributed by atoms with van der Waals surface area (Å²) in [6, 6.07) is 8.14. The van der Waals surface area contributed by atoms with E-state index in [0.717, 1.165) is 31.2 Å². The summed E-state index contributed by atoms with van der Waals surface area (Å²) >= 11 is 1.83. The van der Waals surface area contributed by atoms with Gasteiger partial charge < -0.3 is 14.8 Å². The summed E-state index contributed by atoms with van der Waals surface area (Å²) in [5.41, 5.74) is 0. The molecular formula is C12H17NO2S. The van der Waals surface area contributed by atoms with Crippen LogP contribution in [-0.4, -0.2) is 38.7 Å². The molecule has 0 spiro atoms. The van der Waals surface area contributed by atoms with E-state index in [-0.39, 0.29) is 0 Å². The zero-order chi connectivity index (χ0) is 11.2. The molecule has 1 aromatic rings. The average molecular weight is 239 g/mol. The first-order valence-corrected chi connectivity index (χ1v) is 6.46. The van der Waals surface area contributed by atoms with Crippen molar-refractivity contribution >= 4 is 11.8 Å². The second-order valence-corrected chi connectivity index (χ2v) is 4.78. The molecule has 0 bridgehead atoms. The van der Waals surface area contributed by atoms with E-state index in [2.05, 4.69) is 17.4 Å². The molecule has 1 heterocycles. The van der Waals surface area contributed by atoms with E-state index in [1.807, 2.05) is 23.9 Å². The lowest BCUT2D eigenvalue weighted by Crippen LogP contribution is -2.39. The van der Waals surface area contributed by atoms with Crippen LogP contribution < -0.4 is 10.1 Å². The molecule has 0 aliphatic carbocycles. The molecular weight excluding hydrogens is 222 g/mol. The second-order valence-electron chi connectivity index (χ2n) is 3.68. The minimum atomic E-state index is 0.334. The van der Waals surface area contributed by atoms with Gasteiger partial charge in [0.25, 0.3) is 0 Å². The highest BCUT2D eigenvalue weighted by molar-refractivity contribution is 7.99. The highest BCUT2D eigenvalue weighted by Crippen LogP contribution is 2.22. The third kappa shape index (κ3) is 3.40. The number of thioether (sulfide) groups is 1. The van der Waals surface area contributed by atoms with Gasteiger partial charge in [-0.25, -0.2) is 0 Å².